The van der Waals surface area contributed by atoms with E-state index in [1.54, 1.807) is 0 Å². The fourth-order valence-electron chi connectivity index (χ4n) is 2.95. The summed E-state index contributed by atoms with van der Waals surface area (Å²) in [6.45, 7) is 6.16. The van der Waals surface area contributed by atoms with Crippen molar-refractivity contribution < 1.29 is 4.79 Å². The molecule has 2 aromatic carbocycles. The lowest BCUT2D eigenvalue weighted by Crippen LogP contribution is -2.38. The van der Waals surface area contributed by atoms with E-state index in [-0.39, 0.29) is 17.9 Å². The molecule has 0 aliphatic heterocycles. The van der Waals surface area contributed by atoms with Crippen LogP contribution in [0.5, 0.6) is 0 Å². The molecule has 2 nitrogen and oxygen atoms in total. The highest BCUT2D eigenvalue weighted by Gasteiger charge is 2.22. The van der Waals surface area contributed by atoms with Crippen molar-refractivity contribution >= 4 is 29.1 Å². The minimum atomic E-state index is 0.0168. The number of carbonyl (C=O) groups excluding carboxylic acids is 1. The van der Waals surface area contributed by atoms with Gasteiger partial charge in [-0.25, -0.2) is 0 Å². The number of benzene rings is 2. The van der Waals surface area contributed by atoms with Gasteiger partial charge in [0, 0.05) is 28.4 Å². The van der Waals surface area contributed by atoms with E-state index in [0.29, 0.717) is 17.4 Å². The van der Waals surface area contributed by atoms with Crippen molar-refractivity contribution in [1.29, 1.82) is 0 Å². The lowest BCUT2D eigenvalue weighted by atomic mass is 9.86. The molecule has 1 amide bonds. The number of hydrogen-bond acceptors (Lipinski definition) is 1. The summed E-state index contributed by atoms with van der Waals surface area (Å²) in [6, 6.07) is 15.8. The third-order valence-corrected chi connectivity index (χ3v) is 4.76. The van der Waals surface area contributed by atoms with E-state index in [0.717, 1.165) is 17.0 Å². The van der Waals surface area contributed by atoms with E-state index in [4.69, 9.17) is 23.2 Å². The van der Waals surface area contributed by atoms with Crippen LogP contribution in [0.2, 0.25) is 10.0 Å². The molecule has 1 N–H and O–H groups in total. The van der Waals surface area contributed by atoms with Crippen molar-refractivity contribution in [2.75, 3.05) is 0 Å². The second-order valence-corrected chi connectivity index (χ2v) is 7.82. The van der Waals surface area contributed by atoms with Gasteiger partial charge < -0.3 is 5.32 Å². The standard InChI is InChI=1S/C21H25Cl2NO/c1-14(2)12-21(25)24-15(3)20(17-6-10-19(23)11-7-17)13-16-4-8-18(22)9-5-16/h4-11,14-15,20H,12-13H2,1-3H3,(H,24,25). The van der Waals surface area contributed by atoms with Crippen molar-refractivity contribution in [2.45, 2.75) is 45.6 Å². The van der Waals surface area contributed by atoms with Crippen molar-refractivity contribution in [2.24, 2.45) is 5.92 Å². The molecule has 0 aliphatic rings. The average Bonchev–Trinajstić information content (AvgIpc) is 2.54. The topological polar surface area (TPSA) is 29.1 Å². The van der Waals surface area contributed by atoms with E-state index in [1.807, 2.05) is 48.5 Å². The summed E-state index contributed by atoms with van der Waals surface area (Å²) >= 11 is 12.0. The first-order valence-corrected chi connectivity index (χ1v) is 9.40. The zero-order valence-corrected chi connectivity index (χ0v) is 16.4. The highest BCUT2D eigenvalue weighted by atomic mass is 35.5. The van der Waals surface area contributed by atoms with Crippen LogP contribution in [0.4, 0.5) is 0 Å². The van der Waals surface area contributed by atoms with Crippen molar-refractivity contribution in [3.63, 3.8) is 0 Å². The van der Waals surface area contributed by atoms with Crippen LogP contribution >= 0.6 is 23.2 Å². The van der Waals surface area contributed by atoms with Gasteiger partial charge in [-0.15, -0.1) is 0 Å². The van der Waals surface area contributed by atoms with Gasteiger partial charge in [-0.1, -0.05) is 61.3 Å². The number of rotatable bonds is 7. The normalized spacial score (nSPS) is 13.5. The minimum Gasteiger partial charge on any atom is -0.353 e. The smallest absolute Gasteiger partial charge is 0.220 e. The molecule has 0 aliphatic carbocycles. The largest absolute Gasteiger partial charge is 0.353 e. The quantitative estimate of drug-likeness (QED) is 0.641. The third kappa shape index (κ3) is 6.37. The van der Waals surface area contributed by atoms with Gasteiger partial charge in [0.2, 0.25) is 5.91 Å². The van der Waals surface area contributed by atoms with Crippen molar-refractivity contribution in [3.8, 4) is 0 Å². The predicted octanol–water partition coefficient (Wildman–Crippen LogP) is 5.87. The Morgan fingerprint density at radius 2 is 1.44 bits per heavy atom. The van der Waals surface area contributed by atoms with Gasteiger partial charge in [-0.05, 0) is 54.7 Å². The number of carbonyl (C=O) groups is 1. The number of amides is 1. The first-order valence-electron chi connectivity index (χ1n) is 8.64. The summed E-state index contributed by atoms with van der Waals surface area (Å²) in [6.07, 6.45) is 1.36. The van der Waals surface area contributed by atoms with Crippen LogP contribution < -0.4 is 5.32 Å². The minimum absolute atomic E-state index is 0.0168. The summed E-state index contributed by atoms with van der Waals surface area (Å²) in [5.74, 6) is 0.601. The van der Waals surface area contributed by atoms with Gasteiger partial charge in [0.05, 0.1) is 0 Å². The van der Waals surface area contributed by atoms with Crippen molar-refractivity contribution in [1.82, 2.24) is 5.32 Å². The Kier molecular flexibility index (Phi) is 7.34. The Morgan fingerprint density at radius 3 is 1.96 bits per heavy atom. The molecule has 4 heteroatoms. The van der Waals surface area contributed by atoms with Crippen molar-refractivity contribution in [3.05, 3.63) is 69.7 Å². The molecule has 134 valence electrons. The first kappa shape index (κ1) is 19.8. The van der Waals surface area contributed by atoms with E-state index in [1.165, 1.54) is 5.56 Å². The maximum Gasteiger partial charge on any atom is 0.220 e. The molecule has 0 radical (unpaired) electrons. The second-order valence-electron chi connectivity index (χ2n) is 6.94. The molecule has 0 bridgehead atoms. The van der Waals surface area contributed by atoms with Gasteiger partial charge in [0.15, 0.2) is 0 Å². The molecule has 0 aromatic heterocycles. The summed E-state index contributed by atoms with van der Waals surface area (Å²) < 4.78 is 0. The fraction of sp³-hybridized carbons (Fsp3) is 0.381. The van der Waals surface area contributed by atoms with E-state index in [2.05, 4.69) is 26.1 Å². The third-order valence-electron chi connectivity index (χ3n) is 4.25. The summed E-state index contributed by atoms with van der Waals surface area (Å²) in [5.41, 5.74) is 2.35. The molecule has 2 rings (SSSR count). The Morgan fingerprint density at radius 1 is 0.920 bits per heavy atom. The maximum atomic E-state index is 12.2. The van der Waals surface area contributed by atoms with Crippen LogP contribution in [0.15, 0.2) is 48.5 Å². The maximum absolute atomic E-state index is 12.2. The SMILES string of the molecule is CC(C)CC(=O)NC(C)C(Cc1ccc(Cl)cc1)c1ccc(Cl)cc1. The Labute approximate surface area is 160 Å². The molecule has 0 fully saturated rings. The average molecular weight is 378 g/mol. The van der Waals surface area contributed by atoms with Crippen LogP contribution in [-0.2, 0) is 11.2 Å². The Balaban J connectivity index is 2.20. The molecule has 0 saturated heterocycles. The molecule has 0 spiro atoms. The summed E-state index contributed by atoms with van der Waals surface area (Å²) in [4.78, 5) is 12.2. The molecule has 25 heavy (non-hydrogen) atoms. The highest BCUT2D eigenvalue weighted by Crippen LogP contribution is 2.27. The van der Waals surface area contributed by atoms with Gasteiger partial charge >= 0.3 is 0 Å². The Bertz CT molecular complexity index is 680. The number of halogens is 2. The molecule has 2 atom stereocenters. The van der Waals surface area contributed by atoms with E-state index in [9.17, 15) is 4.79 Å². The molecule has 0 saturated carbocycles. The molecule has 0 heterocycles. The zero-order valence-electron chi connectivity index (χ0n) is 14.9. The van der Waals surface area contributed by atoms with Crippen LogP contribution in [0.1, 0.15) is 44.2 Å². The predicted molar refractivity (Wildman–Crippen MR) is 106 cm³/mol. The molecule has 2 unspecified atom stereocenters. The lowest BCUT2D eigenvalue weighted by molar-refractivity contribution is -0.122. The van der Waals surface area contributed by atoms with E-state index >= 15 is 0 Å². The van der Waals surface area contributed by atoms with Crippen LogP contribution in [-0.4, -0.2) is 11.9 Å². The number of nitrogens with one attached hydrogen (secondary N) is 1. The summed E-state index contributed by atoms with van der Waals surface area (Å²) in [7, 11) is 0. The van der Waals surface area contributed by atoms with Crippen LogP contribution in [0.25, 0.3) is 0 Å². The fourth-order valence-corrected chi connectivity index (χ4v) is 3.20. The highest BCUT2D eigenvalue weighted by molar-refractivity contribution is 6.30. The van der Waals surface area contributed by atoms with Gasteiger partial charge in [0.25, 0.3) is 0 Å². The second kappa shape index (κ2) is 9.26. The molecular formula is C21H25Cl2NO. The molecule has 2 aromatic rings. The Hall–Kier alpha value is -1.51. The first-order chi connectivity index (χ1) is 11.8. The number of hydrogen-bond donors (Lipinski definition) is 1. The van der Waals surface area contributed by atoms with Gasteiger partial charge in [-0.3, -0.25) is 4.79 Å². The monoisotopic (exact) mass is 377 g/mol. The van der Waals surface area contributed by atoms with Gasteiger partial charge in [-0.2, -0.15) is 0 Å². The summed E-state index contributed by atoms with van der Waals surface area (Å²) in [5, 5.41) is 4.60. The van der Waals surface area contributed by atoms with Gasteiger partial charge in [0.1, 0.15) is 0 Å². The lowest BCUT2D eigenvalue weighted by Gasteiger charge is -2.26. The van der Waals surface area contributed by atoms with E-state index < -0.39 is 0 Å². The molecular weight excluding hydrogens is 353 g/mol. The zero-order chi connectivity index (χ0) is 18.4. The van der Waals surface area contributed by atoms with Crippen LogP contribution in [0, 0.1) is 5.92 Å². The van der Waals surface area contributed by atoms with Crippen LogP contribution in [0.3, 0.4) is 0 Å².